The van der Waals surface area contributed by atoms with Gasteiger partial charge in [0.05, 0.1) is 11.8 Å². The lowest BCUT2D eigenvalue weighted by Crippen LogP contribution is -2.37. The van der Waals surface area contributed by atoms with Gasteiger partial charge in [0.15, 0.2) is 0 Å². The number of carbonyl (C=O) groups excluding carboxylic acids is 1. The molecule has 1 N–H and O–H groups in total. The van der Waals surface area contributed by atoms with Gasteiger partial charge in [-0.25, -0.2) is 4.68 Å². The highest BCUT2D eigenvalue weighted by Crippen LogP contribution is 2.24. The Kier molecular flexibility index (Phi) is 5.52. The molecule has 1 aromatic heterocycles. The number of ether oxygens (including phenoxy) is 1. The number of aryl methyl sites for hydroxylation is 3. The zero-order valence-corrected chi connectivity index (χ0v) is 15.5. The second-order valence-corrected chi connectivity index (χ2v) is 6.90. The van der Waals surface area contributed by atoms with E-state index in [9.17, 15) is 9.59 Å². The Balaban J connectivity index is 1.76. The zero-order valence-electron chi connectivity index (χ0n) is 15.5. The van der Waals surface area contributed by atoms with E-state index in [1.165, 1.54) is 21.9 Å². The molecule has 1 aliphatic heterocycles. The van der Waals surface area contributed by atoms with Crippen LogP contribution in [0.25, 0.3) is 11.3 Å². The first kappa shape index (κ1) is 18.3. The van der Waals surface area contributed by atoms with Crippen molar-refractivity contribution in [3.63, 3.8) is 0 Å². The first-order valence-corrected chi connectivity index (χ1v) is 8.99. The van der Waals surface area contributed by atoms with E-state index < -0.39 is 0 Å². The number of carbonyl (C=O) groups is 1. The Morgan fingerprint density at radius 2 is 2.00 bits per heavy atom. The molecule has 0 aliphatic carbocycles. The maximum atomic E-state index is 12.2. The van der Waals surface area contributed by atoms with Gasteiger partial charge in [-0.3, -0.25) is 9.59 Å². The summed E-state index contributed by atoms with van der Waals surface area (Å²) in [5.74, 6) is -0.232. The van der Waals surface area contributed by atoms with Crippen LogP contribution in [0, 0.1) is 20.8 Å². The van der Waals surface area contributed by atoms with Gasteiger partial charge in [-0.1, -0.05) is 6.07 Å². The third-order valence-corrected chi connectivity index (χ3v) is 4.83. The molecule has 6 heteroatoms. The summed E-state index contributed by atoms with van der Waals surface area (Å²) in [7, 11) is 0. The summed E-state index contributed by atoms with van der Waals surface area (Å²) in [6.07, 6.45) is 2.06. The van der Waals surface area contributed by atoms with Crippen LogP contribution in [0.1, 0.15) is 29.5 Å². The average molecular weight is 355 g/mol. The van der Waals surface area contributed by atoms with Crippen molar-refractivity contribution in [3.05, 3.63) is 51.3 Å². The number of hydrogen-bond donors (Lipinski definition) is 1. The van der Waals surface area contributed by atoms with E-state index in [2.05, 4.69) is 29.5 Å². The van der Waals surface area contributed by atoms with Gasteiger partial charge in [-0.15, -0.1) is 0 Å². The molecule has 0 spiro atoms. The predicted molar refractivity (Wildman–Crippen MR) is 100 cm³/mol. The Morgan fingerprint density at radius 3 is 2.73 bits per heavy atom. The minimum Gasteiger partial charge on any atom is -0.376 e. The molecule has 2 aromatic rings. The van der Waals surface area contributed by atoms with Crippen molar-refractivity contribution in [3.8, 4) is 11.3 Å². The molecule has 1 aromatic carbocycles. The van der Waals surface area contributed by atoms with Crippen molar-refractivity contribution >= 4 is 5.91 Å². The van der Waals surface area contributed by atoms with Crippen LogP contribution in [-0.2, 0) is 16.1 Å². The van der Waals surface area contributed by atoms with E-state index in [0.717, 1.165) is 30.6 Å². The largest absolute Gasteiger partial charge is 0.376 e. The number of rotatable bonds is 5. The SMILES string of the molecule is Cc1cc(C)c(-c2ccc(=O)n(CC(=O)NC[C@@H]3CCCO3)n2)cc1C. The van der Waals surface area contributed by atoms with E-state index >= 15 is 0 Å². The van der Waals surface area contributed by atoms with E-state index in [-0.39, 0.29) is 24.1 Å². The molecular formula is C20H25N3O3. The van der Waals surface area contributed by atoms with E-state index in [0.29, 0.717) is 12.2 Å². The number of amides is 1. The molecular weight excluding hydrogens is 330 g/mol. The van der Waals surface area contributed by atoms with Crippen LogP contribution >= 0.6 is 0 Å². The number of hydrogen-bond acceptors (Lipinski definition) is 4. The fourth-order valence-corrected chi connectivity index (χ4v) is 3.17. The Bertz CT molecular complexity index is 867. The quantitative estimate of drug-likeness (QED) is 0.892. The lowest BCUT2D eigenvalue weighted by Gasteiger charge is -2.13. The summed E-state index contributed by atoms with van der Waals surface area (Å²) in [6, 6.07) is 7.35. The molecule has 6 nitrogen and oxygen atoms in total. The van der Waals surface area contributed by atoms with Crippen LogP contribution in [0.3, 0.4) is 0 Å². The Morgan fingerprint density at radius 1 is 1.23 bits per heavy atom. The summed E-state index contributed by atoms with van der Waals surface area (Å²) < 4.78 is 6.71. The van der Waals surface area contributed by atoms with Gasteiger partial charge in [-0.2, -0.15) is 5.10 Å². The minimum absolute atomic E-state index is 0.0770. The van der Waals surface area contributed by atoms with Crippen LogP contribution in [0.5, 0.6) is 0 Å². The minimum atomic E-state index is -0.289. The topological polar surface area (TPSA) is 73.2 Å². The summed E-state index contributed by atoms with van der Waals surface area (Å²) in [5, 5.41) is 7.23. The highest BCUT2D eigenvalue weighted by Gasteiger charge is 2.17. The third-order valence-electron chi connectivity index (χ3n) is 4.83. The average Bonchev–Trinajstić information content (AvgIpc) is 3.12. The van der Waals surface area contributed by atoms with Crippen LogP contribution in [0.2, 0.25) is 0 Å². The smallest absolute Gasteiger partial charge is 0.267 e. The molecule has 1 atom stereocenters. The summed E-state index contributed by atoms with van der Waals surface area (Å²) in [6.45, 7) is 7.27. The second-order valence-electron chi connectivity index (χ2n) is 6.90. The summed E-state index contributed by atoms with van der Waals surface area (Å²) >= 11 is 0. The van der Waals surface area contributed by atoms with Crippen molar-refractivity contribution < 1.29 is 9.53 Å². The molecule has 1 aliphatic rings. The molecule has 138 valence electrons. The van der Waals surface area contributed by atoms with E-state index in [1.807, 2.05) is 13.8 Å². The van der Waals surface area contributed by atoms with Crippen molar-refractivity contribution in [1.82, 2.24) is 15.1 Å². The molecule has 0 bridgehead atoms. The lowest BCUT2D eigenvalue weighted by atomic mass is 9.99. The number of aromatic nitrogens is 2. The predicted octanol–water partition coefficient (Wildman–Crippen LogP) is 2.13. The maximum absolute atomic E-state index is 12.2. The fourth-order valence-electron chi connectivity index (χ4n) is 3.17. The molecule has 0 saturated carbocycles. The van der Waals surface area contributed by atoms with Gasteiger partial charge in [0.1, 0.15) is 6.54 Å². The van der Waals surface area contributed by atoms with Crippen LogP contribution in [-0.4, -0.2) is 34.9 Å². The molecule has 0 radical (unpaired) electrons. The van der Waals surface area contributed by atoms with Crippen LogP contribution in [0.15, 0.2) is 29.1 Å². The number of nitrogens with zero attached hydrogens (tertiary/aromatic N) is 2. The van der Waals surface area contributed by atoms with Gasteiger partial charge in [0.25, 0.3) is 5.56 Å². The Labute approximate surface area is 153 Å². The van der Waals surface area contributed by atoms with Gasteiger partial charge >= 0.3 is 0 Å². The first-order valence-electron chi connectivity index (χ1n) is 8.99. The van der Waals surface area contributed by atoms with Gasteiger partial charge < -0.3 is 10.1 Å². The molecule has 0 unspecified atom stereocenters. The van der Waals surface area contributed by atoms with Crippen molar-refractivity contribution in [1.29, 1.82) is 0 Å². The molecule has 3 rings (SSSR count). The van der Waals surface area contributed by atoms with Crippen LogP contribution in [0.4, 0.5) is 0 Å². The number of benzene rings is 1. The molecule has 1 saturated heterocycles. The maximum Gasteiger partial charge on any atom is 0.267 e. The van der Waals surface area contributed by atoms with Crippen LogP contribution < -0.4 is 10.9 Å². The van der Waals surface area contributed by atoms with E-state index in [4.69, 9.17) is 4.74 Å². The normalized spacial score (nSPS) is 16.7. The fraction of sp³-hybridized carbons (Fsp3) is 0.450. The highest BCUT2D eigenvalue weighted by molar-refractivity contribution is 5.75. The monoisotopic (exact) mass is 355 g/mol. The van der Waals surface area contributed by atoms with Gasteiger partial charge in [0.2, 0.25) is 5.91 Å². The van der Waals surface area contributed by atoms with Crippen molar-refractivity contribution in [2.45, 2.75) is 46.3 Å². The third kappa shape index (κ3) is 4.19. The second kappa shape index (κ2) is 7.83. The standard InChI is InChI=1S/C20H25N3O3/c1-13-9-15(3)17(10-14(13)2)18-6-7-20(25)23(22-18)12-19(24)21-11-16-5-4-8-26-16/h6-7,9-10,16H,4-5,8,11-12H2,1-3H3,(H,21,24)/t16-/m0/s1. The Hall–Kier alpha value is -2.47. The van der Waals surface area contributed by atoms with Crippen molar-refractivity contribution in [2.75, 3.05) is 13.2 Å². The summed E-state index contributed by atoms with van der Waals surface area (Å²) in [4.78, 5) is 24.3. The number of nitrogens with one attached hydrogen (secondary N) is 1. The zero-order chi connectivity index (χ0) is 18.7. The van der Waals surface area contributed by atoms with Gasteiger partial charge in [0, 0.05) is 24.8 Å². The highest BCUT2D eigenvalue weighted by atomic mass is 16.5. The lowest BCUT2D eigenvalue weighted by molar-refractivity contribution is -0.122. The molecule has 1 amide bonds. The van der Waals surface area contributed by atoms with Crippen molar-refractivity contribution in [2.24, 2.45) is 0 Å². The van der Waals surface area contributed by atoms with Gasteiger partial charge in [-0.05, 0) is 62.4 Å². The first-order chi connectivity index (χ1) is 12.4. The van der Waals surface area contributed by atoms with E-state index in [1.54, 1.807) is 6.07 Å². The molecule has 26 heavy (non-hydrogen) atoms. The summed E-state index contributed by atoms with van der Waals surface area (Å²) in [5.41, 5.74) is 4.85. The molecule has 2 heterocycles. The molecule has 1 fully saturated rings.